The van der Waals surface area contributed by atoms with Gasteiger partial charge in [0.1, 0.15) is 0 Å². The monoisotopic (exact) mass is 205 g/mol. The Morgan fingerprint density at radius 1 is 1.33 bits per heavy atom. The first-order valence-electron chi connectivity index (χ1n) is 4.55. The number of carbonyl (C=O) groups excluding carboxylic acids is 1. The average molecular weight is 205 g/mol. The summed E-state index contributed by atoms with van der Waals surface area (Å²) in [6.45, 7) is 1.89. The maximum absolute atomic E-state index is 11.6. The first-order valence-corrected chi connectivity index (χ1v) is 4.55. The summed E-state index contributed by atoms with van der Waals surface area (Å²) in [6.07, 6.45) is 6.47. The molecule has 0 radical (unpaired) electrons. The van der Waals surface area contributed by atoms with E-state index in [4.69, 9.17) is 0 Å². The van der Waals surface area contributed by atoms with Gasteiger partial charge in [0, 0.05) is 18.0 Å². The maximum atomic E-state index is 11.6. The fourth-order valence-corrected chi connectivity index (χ4v) is 1.24. The van der Waals surface area contributed by atoms with E-state index in [0.717, 1.165) is 5.56 Å². The van der Waals surface area contributed by atoms with Crippen LogP contribution in [0, 0.1) is 0 Å². The molecule has 6 nitrogen and oxygen atoms in total. The molecule has 0 fully saturated rings. The zero-order valence-electron chi connectivity index (χ0n) is 8.19. The maximum Gasteiger partial charge on any atom is 0.254 e. The lowest BCUT2D eigenvalue weighted by molar-refractivity contribution is 0.0940. The normalized spacial score (nSPS) is 12.3. The summed E-state index contributed by atoms with van der Waals surface area (Å²) in [5, 5.41) is 15.6. The van der Waals surface area contributed by atoms with Crippen LogP contribution in [0.2, 0.25) is 0 Å². The number of nitrogens with one attached hydrogen (secondary N) is 3. The molecule has 6 heteroatoms. The zero-order valence-corrected chi connectivity index (χ0v) is 8.19. The van der Waals surface area contributed by atoms with Crippen molar-refractivity contribution in [1.82, 2.24) is 25.7 Å². The molecule has 15 heavy (non-hydrogen) atoms. The molecule has 0 saturated carbocycles. The Morgan fingerprint density at radius 2 is 2.07 bits per heavy atom. The zero-order chi connectivity index (χ0) is 10.7. The van der Waals surface area contributed by atoms with Crippen LogP contribution >= 0.6 is 0 Å². The van der Waals surface area contributed by atoms with Crippen molar-refractivity contribution in [3.8, 4) is 0 Å². The standard InChI is InChI=1S/C9H11N5O/c1-6(7-2-10-11-3-7)14-9(15)8-4-12-13-5-8/h2-6H,1H3,(H,10,11)(H,12,13)(H,14,15). The van der Waals surface area contributed by atoms with Gasteiger partial charge in [-0.05, 0) is 6.92 Å². The third kappa shape index (κ3) is 2.04. The van der Waals surface area contributed by atoms with Crippen LogP contribution in [-0.2, 0) is 0 Å². The quantitative estimate of drug-likeness (QED) is 0.686. The fraction of sp³-hybridized carbons (Fsp3) is 0.222. The molecule has 0 spiro atoms. The second-order valence-corrected chi connectivity index (χ2v) is 3.21. The van der Waals surface area contributed by atoms with E-state index in [1.807, 2.05) is 6.92 Å². The largest absolute Gasteiger partial charge is 0.345 e. The molecule has 2 heterocycles. The van der Waals surface area contributed by atoms with Gasteiger partial charge in [0.2, 0.25) is 0 Å². The molecule has 0 saturated heterocycles. The topological polar surface area (TPSA) is 86.5 Å². The molecule has 2 rings (SSSR count). The Morgan fingerprint density at radius 3 is 2.67 bits per heavy atom. The van der Waals surface area contributed by atoms with Gasteiger partial charge in [-0.25, -0.2) is 0 Å². The lowest BCUT2D eigenvalue weighted by Gasteiger charge is -2.10. The van der Waals surface area contributed by atoms with Gasteiger partial charge in [-0.2, -0.15) is 10.2 Å². The Labute approximate surface area is 86.1 Å². The molecule has 0 aliphatic rings. The SMILES string of the molecule is CC(NC(=O)c1cn[nH]c1)c1cn[nH]c1. The molecule has 2 aromatic rings. The summed E-state index contributed by atoms with van der Waals surface area (Å²) in [5.41, 5.74) is 1.46. The molecule has 1 amide bonds. The second-order valence-electron chi connectivity index (χ2n) is 3.21. The van der Waals surface area contributed by atoms with Crippen LogP contribution in [-0.4, -0.2) is 26.3 Å². The molecule has 1 atom stereocenters. The van der Waals surface area contributed by atoms with Crippen LogP contribution in [0.25, 0.3) is 0 Å². The van der Waals surface area contributed by atoms with E-state index < -0.39 is 0 Å². The summed E-state index contributed by atoms with van der Waals surface area (Å²) < 4.78 is 0. The second kappa shape index (κ2) is 3.95. The molecule has 0 aliphatic carbocycles. The van der Waals surface area contributed by atoms with Crippen LogP contribution in [0.5, 0.6) is 0 Å². The van der Waals surface area contributed by atoms with E-state index in [-0.39, 0.29) is 11.9 Å². The molecule has 0 bridgehead atoms. The molecule has 1 unspecified atom stereocenters. The number of aromatic nitrogens is 4. The predicted octanol–water partition coefficient (Wildman–Crippen LogP) is 0.624. The predicted molar refractivity (Wildman–Crippen MR) is 53.1 cm³/mol. The minimum Gasteiger partial charge on any atom is -0.345 e. The molecule has 3 N–H and O–H groups in total. The Bertz CT molecular complexity index is 419. The van der Waals surface area contributed by atoms with Gasteiger partial charge < -0.3 is 5.32 Å². The summed E-state index contributed by atoms with van der Waals surface area (Å²) in [7, 11) is 0. The van der Waals surface area contributed by atoms with Crippen molar-refractivity contribution in [3.05, 3.63) is 35.9 Å². The number of amides is 1. The van der Waals surface area contributed by atoms with Crippen molar-refractivity contribution < 1.29 is 4.79 Å². The van der Waals surface area contributed by atoms with Crippen molar-refractivity contribution >= 4 is 5.91 Å². The summed E-state index contributed by atoms with van der Waals surface area (Å²) in [6, 6.07) is -0.0776. The number of hydrogen-bond acceptors (Lipinski definition) is 3. The smallest absolute Gasteiger partial charge is 0.254 e. The van der Waals surface area contributed by atoms with E-state index in [0.29, 0.717) is 5.56 Å². The van der Waals surface area contributed by atoms with Crippen LogP contribution in [0.1, 0.15) is 28.9 Å². The highest BCUT2D eigenvalue weighted by atomic mass is 16.1. The Balaban J connectivity index is 2.01. The van der Waals surface area contributed by atoms with Crippen molar-refractivity contribution in [2.24, 2.45) is 0 Å². The van der Waals surface area contributed by atoms with Gasteiger partial charge in [-0.1, -0.05) is 0 Å². The molecular formula is C9H11N5O. The van der Waals surface area contributed by atoms with Gasteiger partial charge in [0.15, 0.2) is 0 Å². The van der Waals surface area contributed by atoms with Gasteiger partial charge in [0.25, 0.3) is 5.91 Å². The van der Waals surface area contributed by atoms with E-state index in [1.165, 1.54) is 6.20 Å². The number of hydrogen-bond donors (Lipinski definition) is 3. The molecular weight excluding hydrogens is 194 g/mol. The Hall–Kier alpha value is -2.11. The van der Waals surface area contributed by atoms with Gasteiger partial charge in [-0.15, -0.1) is 0 Å². The lowest BCUT2D eigenvalue weighted by atomic mass is 10.2. The van der Waals surface area contributed by atoms with E-state index in [9.17, 15) is 4.79 Å². The first-order chi connectivity index (χ1) is 7.27. The Kier molecular flexibility index (Phi) is 2.49. The van der Waals surface area contributed by atoms with Crippen LogP contribution < -0.4 is 5.32 Å². The van der Waals surface area contributed by atoms with Crippen molar-refractivity contribution in [2.45, 2.75) is 13.0 Å². The van der Waals surface area contributed by atoms with Gasteiger partial charge in [0.05, 0.1) is 24.0 Å². The highest BCUT2D eigenvalue weighted by Gasteiger charge is 2.12. The highest BCUT2D eigenvalue weighted by molar-refractivity contribution is 5.93. The molecule has 2 aromatic heterocycles. The van der Waals surface area contributed by atoms with Crippen molar-refractivity contribution in [3.63, 3.8) is 0 Å². The molecule has 0 aromatic carbocycles. The third-order valence-corrected chi connectivity index (χ3v) is 2.13. The number of carbonyl (C=O) groups is 1. The summed E-state index contributed by atoms with van der Waals surface area (Å²) in [4.78, 5) is 11.6. The summed E-state index contributed by atoms with van der Waals surface area (Å²) >= 11 is 0. The average Bonchev–Trinajstić information content (AvgIpc) is 2.91. The summed E-state index contributed by atoms with van der Waals surface area (Å²) in [5.74, 6) is -0.155. The minimum atomic E-state index is -0.155. The molecule has 0 aliphatic heterocycles. The van der Waals surface area contributed by atoms with Crippen LogP contribution in [0.3, 0.4) is 0 Å². The number of aromatic amines is 2. The fourth-order valence-electron chi connectivity index (χ4n) is 1.24. The van der Waals surface area contributed by atoms with Crippen LogP contribution in [0.15, 0.2) is 24.8 Å². The van der Waals surface area contributed by atoms with Gasteiger partial charge >= 0.3 is 0 Å². The molecule has 78 valence electrons. The van der Waals surface area contributed by atoms with Gasteiger partial charge in [-0.3, -0.25) is 15.0 Å². The van der Waals surface area contributed by atoms with E-state index >= 15 is 0 Å². The lowest BCUT2D eigenvalue weighted by Crippen LogP contribution is -2.25. The van der Waals surface area contributed by atoms with E-state index in [2.05, 4.69) is 25.7 Å². The van der Waals surface area contributed by atoms with Crippen LogP contribution in [0.4, 0.5) is 0 Å². The van der Waals surface area contributed by atoms with Crippen molar-refractivity contribution in [2.75, 3.05) is 0 Å². The first kappa shape index (κ1) is 9.45. The van der Waals surface area contributed by atoms with Crippen molar-refractivity contribution in [1.29, 1.82) is 0 Å². The minimum absolute atomic E-state index is 0.0776. The number of rotatable bonds is 3. The third-order valence-electron chi connectivity index (χ3n) is 2.13. The van der Waals surface area contributed by atoms with E-state index in [1.54, 1.807) is 18.6 Å². The highest BCUT2D eigenvalue weighted by Crippen LogP contribution is 2.09. The number of H-pyrrole nitrogens is 2. The number of nitrogens with zero attached hydrogens (tertiary/aromatic N) is 2.